The number of carbonyl (C=O) groups is 1. The first-order valence-electron chi connectivity index (χ1n) is 8.42. The van der Waals surface area contributed by atoms with E-state index in [4.69, 9.17) is 0 Å². The molecule has 0 saturated carbocycles. The van der Waals surface area contributed by atoms with Crippen LogP contribution in [0.3, 0.4) is 0 Å². The summed E-state index contributed by atoms with van der Waals surface area (Å²) in [6.07, 6.45) is -5.21. The molecule has 160 valence electrons. The number of nitrogens with one attached hydrogen (secondary N) is 1. The number of halogens is 6. The van der Waals surface area contributed by atoms with Gasteiger partial charge in [-0.1, -0.05) is 12.1 Å². The minimum atomic E-state index is -6.11. The van der Waals surface area contributed by atoms with Crippen molar-refractivity contribution in [2.45, 2.75) is 25.9 Å². The first-order valence-corrected chi connectivity index (χ1v) is 8.42. The zero-order valence-corrected chi connectivity index (χ0v) is 15.4. The second kappa shape index (κ2) is 7.18. The van der Waals surface area contributed by atoms with E-state index in [0.717, 1.165) is 12.3 Å². The zero-order valence-electron chi connectivity index (χ0n) is 15.4. The van der Waals surface area contributed by atoms with Crippen LogP contribution < -0.4 is 5.56 Å². The summed E-state index contributed by atoms with van der Waals surface area (Å²) in [6.45, 7) is 2.47. The smallest absolute Gasteiger partial charge is 0.458 e. The summed E-state index contributed by atoms with van der Waals surface area (Å²) < 4.78 is 86.2. The molecule has 30 heavy (non-hydrogen) atoms. The lowest BCUT2D eigenvalue weighted by molar-refractivity contribution is -0.288. The molecule has 3 rings (SSSR count). The molecule has 0 bridgehead atoms. The molecule has 0 spiro atoms. The maximum atomic E-state index is 14.2. The van der Waals surface area contributed by atoms with Gasteiger partial charge in [0.2, 0.25) is 0 Å². The Balaban J connectivity index is 2.34. The van der Waals surface area contributed by atoms with Gasteiger partial charge in [-0.2, -0.15) is 27.1 Å². The van der Waals surface area contributed by atoms with Gasteiger partial charge in [-0.25, -0.2) is 13.7 Å². The number of aryl methyl sites for hydroxylation is 1. The lowest BCUT2D eigenvalue weighted by Crippen LogP contribution is -2.36. The monoisotopic (exact) mass is 433 g/mol. The molecule has 12 heteroatoms. The molecule has 0 fully saturated rings. The molecule has 0 aliphatic carbocycles. The number of fused-ring (bicyclic) bond motifs is 1. The number of alkyl halides is 5. The van der Waals surface area contributed by atoms with Gasteiger partial charge in [-0.05, 0) is 25.5 Å². The highest BCUT2D eigenvalue weighted by atomic mass is 19.4. The van der Waals surface area contributed by atoms with Gasteiger partial charge in [0.05, 0.1) is 24.1 Å². The summed E-state index contributed by atoms with van der Waals surface area (Å²) >= 11 is 0. The molecule has 2 heterocycles. The molecular weight excluding hydrogens is 420 g/mol. The van der Waals surface area contributed by atoms with E-state index in [9.17, 15) is 35.9 Å². The number of rotatable bonds is 4. The highest BCUT2D eigenvalue weighted by Crippen LogP contribution is 2.46. The Kier molecular flexibility index (Phi) is 5.12. The average molecular weight is 433 g/mol. The lowest BCUT2D eigenvalue weighted by atomic mass is 10.1. The molecule has 1 N–H and O–H groups in total. The predicted octanol–water partition coefficient (Wildman–Crippen LogP) is 3.97. The molecule has 0 unspecified atom stereocenters. The quantitative estimate of drug-likeness (QED) is 0.499. The molecule has 0 amide bonds. The van der Waals surface area contributed by atoms with E-state index in [1.165, 1.54) is 26.0 Å². The number of aromatic nitrogens is 3. The molecule has 0 atom stereocenters. The molecule has 2 aromatic heterocycles. The summed E-state index contributed by atoms with van der Waals surface area (Å²) in [7, 11) is 0. The SMILES string of the molecule is CCOC(=O)c1nn2cc(-c3ccc(C)c(F)c3)[nH]c(=O)c2c1C(F)(F)C(F)(F)F. The van der Waals surface area contributed by atoms with Crippen LogP contribution in [-0.2, 0) is 10.7 Å². The summed E-state index contributed by atoms with van der Waals surface area (Å²) in [4.78, 5) is 26.6. The minimum absolute atomic E-state index is 0.106. The molecule has 0 radical (unpaired) electrons. The van der Waals surface area contributed by atoms with Gasteiger partial charge in [0, 0.05) is 5.56 Å². The fourth-order valence-electron chi connectivity index (χ4n) is 2.77. The van der Waals surface area contributed by atoms with Crippen LogP contribution in [0.4, 0.5) is 26.3 Å². The van der Waals surface area contributed by atoms with E-state index < -0.39 is 46.2 Å². The van der Waals surface area contributed by atoms with Gasteiger partial charge in [-0.15, -0.1) is 0 Å². The standard InChI is InChI=1S/C18H13F6N3O3/c1-3-30-16(29)13-12(17(20,21)18(22,23)24)14-15(28)25-11(7-27(14)26-13)9-5-4-8(2)10(19)6-9/h4-7H,3H2,1-2H3,(H,25,28). The summed E-state index contributed by atoms with van der Waals surface area (Å²) in [5.74, 6) is -7.76. The van der Waals surface area contributed by atoms with E-state index in [-0.39, 0.29) is 23.4 Å². The number of hydrogen-bond donors (Lipinski definition) is 1. The normalized spacial score (nSPS) is 12.4. The second-order valence-corrected chi connectivity index (χ2v) is 6.27. The van der Waals surface area contributed by atoms with Crippen LogP contribution in [0, 0.1) is 12.7 Å². The van der Waals surface area contributed by atoms with Crippen LogP contribution in [0.5, 0.6) is 0 Å². The Labute approximate surface area is 164 Å². The van der Waals surface area contributed by atoms with Gasteiger partial charge in [-0.3, -0.25) is 4.79 Å². The molecule has 0 aliphatic rings. The van der Waals surface area contributed by atoms with E-state index >= 15 is 0 Å². The Morgan fingerprint density at radius 3 is 2.47 bits per heavy atom. The molecular formula is C18H13F6N3O3. The number of H-pyrrole nitrogens is 1. The average Bonchev–Trinajstić information content (AvgIpc) is 3.04. The summed E-state index contributed by atoms with van der Waals surface area (Å²) in [5, 5.41) is 3.45. The molecule has 0 aliphatic heterocycles. The number of aromatic amines is 1. The Morgan fingerprint density at radius 1 is 1.23 bits per heavy atom. The van der Waals surface area contributed by atoms with Crippen molar-refractivity contribution in [3.8, 4) is 11.3 Å². The number of nitrogens with zero attached hydrogens (tertiary/aromatic N) is 2. The van der Waals surface area contributed by atoms with E-state index in [1.807, 2.05) is 0 Å². The van der Waals surface area contributed by atoms with E-state index in [0.29, 0.717) is 4.52 Å². The first-order chi connectivity index (χ1) is 13.9. The van der Waals surface area contributed by atoms with Crippen LogP contribution in [-0.4, -0.2) is 33.4 Å². The van der Waals surface area contributed by atoms with Crippen molar-refractivity contribution in [2.24, 2.45) is 0 Å². The van der Waals surface area contributed by atoms with Crippen molar-refractivity contribution in [3.63, 3.8) is 0 Å². The number of carbonyl (C=O) groups excluding carboxylic acids is 1. The highest BCUT2D eigenvalue weighted by molar-refractivity contribution is 5.92. The van der Waals surface area contributed by atoms with Crippen LogP contribution in [0.1, 0.15) is 28.5 Å². The molecule has 0 saturated heterocycles. The Morgan fingerprint density at radius 2 is 1.90 bits per heavy atom. The molecule has 6 nitrogen and oxygen atoms in total. The van der Waals surface area contributed by atoms with Gasteiger partial charge >= 0.3 is 18.1 Å². The van der Waals surface area contributed by atoms with Crippen LogP contribution in [0.25, 0.3) is 16.8 Å². The molecule has 3 aromatic rings. The summed E-state index contributed by atoms with van der Waals surface area (Å²) in [5.41, 5.74) is -5.56. The number of ether oxygens (including phenoxy) is 1. The van der Waals surface area contributed by atoms with Crippen molar-refractivity contribution in [1.82, 2.24) is 14.6 Å². The first kappa shape index (κ1) is 21.4. The van der Waals surface area contributed by atoms with Crippen molar-refractivity contribution < 1.29 is 35.9 Å². The van der Waals surface area contributed by atoms with Crippen molar-refractivity contribution in [1.29, 1.82) is 0 Å². The topological polar surface area (TPSA) is 76.5 Å². The fraction of sp³-hybridized carbons (Fsp3) is 0.278. The zero-order chi connectivity index (χ0) is 22.4. The third kappa shape index (κ3) is 3.42. The maximum absolute atomic E-state index is 14.2. The Bertz CT molecular complexity index is 1200. The minimum Gasteiger partial charge on any atom is -0.461 e. The maximum Gasteiger partial charge on any atom is 0.458 e. The van der Waals surface area contributed by atoms with Crippen molar-refractivity contribution in [2.75, 3.05) is 6.61 Å². The van der Waals surface area contributed by atoms with Crippen molar-refractivity contribution in [3.05, 3.63) is 57.4 Å². The molecule has 1 aromatic carbocycles. The van der Waals surface area contributed by atoms with Gasteiger partial charge in [0.15, 0.2) is 5.69 Å². The van der Waals surface area contributed by atoms with Gasteiger partial charge in [0.1, 0.15) is 11.3 Å². The largest absolute Gasteiger partial charge is 0.461 e. The van der Waals surface area contributed by atoms with Crippen molar-refractivity contribution >= 4 is 11.5 Å². The third-order valence-electron chi connectivity index (χ3n) is 4.25. The van der Waals surface area contributed by atoms with Crippen LogP contribution in [0.2, 0.25) is 0 Å². The number of hydrogen-bond acceptors (Lipinski definition) is 4. The number of benzene rings is 1. The van der Waals surface area contributed by atoms with Gasteiger partial charge in [0.25, 0.3) is 5.56 Å². The predicted molar refractivity (Wildman–Crippen MR) is 91.8 cm³/mol. The van der Waals surface area contributed by atoms with Gasteiger partial charge < -0.3 is 9.72 Å². The third-order valence-corrected chi connectivity index (χ3v) is 4.25. The van der Waals surface area contributed by atoms with Crippen LogP contribution >= 0.6 is 0 Å². The fourth-order valence-corrected chi connectivity index (χ4v) is 2.77. The second-order valence-electron chi connectivity index (χ2n) is 6.27. The van der Waals surface area contributed by atoms with E-state index in [2.05, 4.69) is 14.8 Å². The highest BCUT2D eigenvalue weighted by Gasteiger charge is 2.62. The summed E-state index contributed by atoms with van der Waals surface area (Å²) in [6, 6.07) is 3.81. The Hall–Kier alpha value is -3.31. The van der Waals surface area contributed by atoms with E-state index in [1.54, 1.807) is 0 Å². The lowest BCUT2D eigenvalue weighted by Gasteiger charge is -2.19. The van der Waals surface area contributed by atoms with Crippen LogP contribution in [0.15, 0.2) is 29.2 Å². The number of esters is 1.